The monoisotopic (exact) mass is 375 g/mol. The molecule has 0 radical (unpaired) electrons. The van der Waals surface area contributed by atoms with Gasteiger partial charge in [0.25, 0.3) is 5.91 Å². The summed E-state index contributed by atoms with van der Waals surface area (Å²) in [5.41, 5.74) is 1.63. The van der Waals surface area contributed by atoms with Crippen molar-refractivity contribution in [1.82, 2.24) is 10.3 Å². The molecule has 0 saturated heterocycles. The van der Waals surface area contributed by atoms with Crippen molar-refractivity contribution < 1.29 is 4.79 Å². The molecular formula is C16H14BrN3OS. The van der Waals surface area contributed by atoms with Crippen LogP contribution in [0.3, 0.4) is 0 Å². The molecule has 0 aliphatic heterocycles. The molecule has 0 spiro atoms. The number of nitrogens with one attached hydrogen (secondary N) is 2. The lowest BCUT2D eigenvalue weighted by Crippen LogP contribution is -2.28. The van der Waals surface area contributed by atoms with Crippen LogP contribution in [0.1, 0.15) is 10.4 Å². The van der Waals surface area contributed by atoms with E-state index in [4.69, 9.17) is 0 Å². The van der Waals surface area contributed by atoms with Gasteiger partial charge in [0.2, 0.25) is 0 Å². The highest BCUT2D eigenvalue weighted by molar-refractivity contribution is 9.10. The van der Waals surface area contributed by atoms with Crippen molar-refractivity contribution in [2.75, 3.05) is 18.4 Å². The van der Waals surface area contributed by atoms with Crippen LogP contribution in [0.4, 0.5) is 5.13 Å². The number of nitrogens with zero attached hydrogens (tertiary/aromatic N) is 1. The van der Waals surface area contributed by atoms with Crippen molar-refractivity contribution in [3.8, 4) is 0 Å². The SMILES string of the molecule is O=C(NCCNc1nc2ccccc2s1)c1ccccc1Br. The topological polar surface area (TPSA) is 54.0 Å². The lowest BCUT2D eigenvalue weighted by Gasteiger charge is -2.07. The van der Waals surface area contributed by atoms with Gasteiger partial charge in [-0.05, 0) is 40.2 Å². The maximum Gasteiger partial charge on any atom is 0.252 e. The summed E-state index contributed by atoms with van der Waals surface area (Å²) in [4.78, 5) is 16.5. The number of aromatic nitrogens is 1. The minimum Gasteiger partial charge on any atom is -0.360 e. The van der Waals surface area contributed by atoms with Crippen molar-refractivity contribution >= 4 is 48.5 Å². The number of amides is 1. The molecule has 1 aromatic heterocycles. The number of hydrogen-bond acceptors (Lipinski definition) is 4. The molecule has 2 aromatic carbocycles. The molecule has 0 saturated carbocycles. The van der Waals surface area contributed by atoms with Crippen LogP contribution in [0.25, 0.3) is 10.2 Å². The van der Waals surface area contributed by atoms with E-state index in [-0.39, 0.29) is 5.91 Å². The molecule has 0 bridgehead atoms. The van der Waals surface area contributed by atoms with Crippen LogP contribution in [-0.4, -0.2) is 24.0 Å². The quantitative estimate of drug-likeness (QED) is 0.664. The number of benzene rings is 2. The van der Waals surface area contributed by atoms with Gasteiger partial charge in [-0.2, -0.15) is 0 Å². The third-order valence-corrected chi connectivity index (χ3v) is 4.78. The van der Waals surface area contributed by atoms with Crippen LogP contribution < -0.4 is 10.6 Å². The number of carbonyl (C=O) groups is 1. The summed E-state index contributed by atoms with van der Waals surface area (Å²) in [6.07, 6.45) is 0. The van der Waals surface area contributed by atoms with Crippen molar-refractivity contribution in [3.63, 3.8) is 0 Å². The number of rotatable bonds is 5. The first-order chi connectivity index (χ1) is 10.7. The van der Waals surface area contributed by atoms with Crippen LogP contribution in [-0.2, 0) is 0 Å². The first-order valence-electron chi connectivity index (χ1n) is 6.86. The van der Waals surface area contributed by atoms with Crippen molar-refractivity contribution in [1.29, 1.82) is 0 Å². The van der Waals surface area contributed by atoms with Gasteiger partial charge >= 0.3 is 0 Å². The first kappa shape index (κ1) is 15.0. The number of fused-ring (bicyclic) bond motifs is 1. The Balaban J connectivity index is 1.51. The molecule has 0 unspecified atom stereocenters. The van der Waals surface area contributed by atoms with E-state index in [0.717, 1.165) is 19.8 Å². The second-order valence-electron chi connectivity index (χ2n) is 4.65. The fourth-order valence-corrected chi connectivity index (χ4v) is 3.39. The van der Waals surface area contributed by atoms with Gasteiger partial charge in [-0.3, -0.25) is 4.79 Å². The molecule has 1 amide bonds. The van der Waals surface area contributed by atoms with Gasteiger partial charge in [-0.15, -0.1) is 0 Å². The summed E-state index contributed by atoms with van der Waals surface area (Å²) >= 11 is 4.99. The predicted molar refractivity (Wildman–Crippen MR) is 94.6 cm³/mol. The molecule has 1 heterocycles. The Morgan fingerprint density at radius 1 is 1.09 bits per heavy atom. The molecule has 0 aliphatic rings. The largest absolute Gasteiger partial charge is 0.360 e. The van der Waals surface area contributed by atoms with Gasteiger partial charge in [-0.25, -0.2) is 4.98 Å². The Hall–Kier alpha value is -1.92. The van der Waals surface area contributed by atoms with Crippen LogP contribution in [0, 0.1) is 0 Å². The third kappa shape index (κ3) is 3.45. The van der Waals surface area contributed by atoms with Gasteiger partial charge < -0.3 is 10.6 Å². The Morgan fingerprint density at radius 2 is 1.86 bits per heavy atom. The zero-order chi connectivity index (χ0) is 15.4. The predicted octanol–water partition coefficient (Wildman–Crippen LogP) is 3.90. The summed E-state index contributed by atoms with van der Waals surface area (Å²) < 4.78 is 1.95. The number of para-hydroxylation sites is 1. The van der Waals surface area contributed by atoms with Gasteiger partial charge in [0.1, 0.15) is 0 Å². The van der Waals surface area contributed by atoms with Crippen LogP contribution in [0.15, 0.2) is 53.0 Å². The van der Waals surface area contributed by atoms with Crippen LogP contribution in [0.2, 0.25) is 0 Å². The minimum atomic E-state index is -0.0847. The molecule has 0 fully saturated rings. The van der Waals surface area contributed by atoms with E-state index in [2.05, 4.69) is 31.5 Å². The fraction of sp³-hybridized carbons (Fsp3) is 0.125. The van der Waals surface area contributed by atoms with Gasteiger partial charge in [0, 0.05) is 17.6 Å². The number of halogens is 1. The average Bonchev–Trinajstić information content (AvgIpc) is 2.94. The Labute approximate surface area is 140 Å². The van der Waals surface area contributed by atoms with Crippen molar-refractivity contribution in [2.45, 2.75) is 0 Å². The molecule has 22 heavy (non-hydrogen) atoms. The summed E-state index contributed by atoms with van der Waals surface area (Å²) in [6, 6.07) is 15.4. The van der Waals surface area contributed by atoms with E-state index in [1.807, 2.05) is 42.5 Å². The van der Waals surface area contributed by atoms with Crippen LogP contribution >= 0.6 is 27.3 Å². The second-order valence-corrected chi connectivity index (χ2v) is 6.53. The molecule has 4 nitrogen and oxygen atoms in total. The Bertz CT molecular complexity index is 770. The van der Waals surface area contributed by atoms with Gasteiger partial charge in [0.15, 0.2) is 5.13 Å². The smallest absolute Gasteiger partial charge is 0.252 e. The maximum absolute atomic E-state index is 12.0. The van der Waals surface area contributed by atoms with E-state index in [1.54, 1.807) is 17.4 Å². The maximum atomic E-state index is 12.0. The number of anilines is 1. The highest BCUT2D eigenvalue weighted by atomic mass is 79.9. The Morgan fingerprint density at radius 3 is 2.68 bits per heavy atom. The molecule has 0 aliphatic carbocycles. The van der Waals surface area contributed by atoms with Gasteiger partial charge in [0.05, 0.1) is 15.8 Å². The van der Waals surface area contributed by atoms with Crippen molar-refractivity contribution in [3.05, 3.63) is 58.6 Å². The molecular weight excluding hydrogens is 362 g/mol. The van der Waals surface area contributed by atoms with E-state index >= 15 is 0 Å². The average molecular weight is 376 g/mol. The van der Waals surface area contributed by atoms with E-state index in [9.17, 15) is 4.79 Å². The lowest BCUT2D eigenvalue weighted by molar-refractivity contribution is 0.0954. The summed E-state index contributed by atoms with van der Waals surface area (Å²) in [5.74, 6) is -0.0847. The fourth-order valence-electron chi connectivity index (χ4n) is 2.03. The highest BCUT2D eigenvalue weighted by Crippen LogP contribution is 2.24. The minimum absolute atomic E-state index is 0.0847. The third-order valence-electron chi connectivity index (χ3n) is 3.10. The number of thiazole rings is 1. The molecule has 3 rings (SSSR count). The molecule has 6 heteroatoms. The molecule has 0 atom stereocenters. The number of carbonyl (C=O) groups excluding carboxylic acids is 1. The summed E-state index contributed by atoms with van der Waals surface area (Å²) in [5, 5.41) is 7.00. The summed E-state index contributed by atoms with van der Waals surface area (Å²) in [6.45, 7) is 1.17. The lowest BCUT2D eigenvalue weighted by atomic mass is 10.2. The van der Waals surface area contributed by atoms with E-state index < -0.39 is 0 Å². The summed E-state index contributed by atoms with van der Waals surface area (Å²) in [7, 11) is 0. The number of hydrogen-bond donors (Lipinski definition) is 2. The van der Waals surface area contributed by atoms with Gasteiger partial charge in [-0.1, -0.05) is 35.6 Å². The Kier molecular flexibility index (Phi) is 4.70. The molecule has 112 valence electrons. The van der Waals surface area contributed by atoms with E-state index in [0.29, 0.717) is 18.7 Å². The molecule has 2 N–H and O–H groups in total. The van der Waals surface area contributed by atoms with Crippen molar-refractivity contribution in [2.24, 2.45) is 0 Å². The van der Waals surface area contributed by atoms with E-state index in [1.165, 1.54) is 0 Å². The zero-order valence-corrected chi connectivity index (χ0v) is 14.1. The highest BCUT2D eigenvalue weighted by Gasteiger charge is 2.08. The molecule has 3 aromatic rings. The first-order valence-corrected chi connectivity index (χ1v) is 8.47. The van der Waals surface area contributed by atoms with Crippen LogP contribution in [0.5, 0.6) is 0 Å². The standard InChI is InChI=1S/C16H14BrN3OS/c17-12-6-2-1-5-11(12)15(21)18-9-10-19-16-20-13-7-3-4-8-14(13)22-16/h1-8H,9-10H2,(H,18,21)(H,19,20). The second kappa shape index (κ2) is 6.89. The normalized spacial score (nSPS) is 10.6. The zero-order valence-electron chi connectivity index (χ0n) is 11.7.